The Kier molecular flexibility index (Phi) is 6.29. The van der Waals surface area contributed by atoms with E-state index in [1.807, 2.05) is 12.1 Å². The monoisotopic (exact) mass is 549 g/mol. The summed E-state index contributed by atoms with van der Waals surface area (Å²) in [5.74, 6) is 0.438. The SMILES string of the molecule is COc1cc([C@@H]2c3cc4c(cc3C[C@H]3COC(=O)[C@@H]32)OCO4)cc(OC)c1OC(=O)Oc1ccc([N+](=O)[O-])cc1. The highest BCUT2D eigenvalue weighted by Crippen LogP contribution is 2.52. The van der Waals surface area contributed by atoms with Crippen LogP contribution in [0.5, 0.6) is 34.5 Å². The molecule has 0 aromatic heterocycles. The Bertz CT molecular complexity index is 1490. The van der Waals surface area contributed by atoms with E-state index < -0.39 is 22.9 Å². The van der Waals surface area contributed by atoms with Crippen molar-refractivity contribution in [2.24, 2.45) is 11.8 Å². The highest BCUT2D eigenvalue weighted by atomic mass is 16.7. The van der Waals surface area contributed by atoms with Crippen molar-refractivity contribution in [2.75, 3.05) is 27.6 Å². The molecule has 206 valence electrons. The van der Waals surface area contributed by atoms with E-state index in [2.05, 4.69) is 0 Å². The van der Waals surface area contributed by atoms with Crippen LogP contribution in [0.2, 0.25) is 0 Å². The minimum Gasteiger partial charge on any atom is -0.493 e. The van der Waals surface area contributed by atoms with E-state index in [0.717, 1.165) is 11.1 Å². The van der Waals surface area contributed by atoms with Crippen LogP contribution in [0, 0.1) is 22.0 Å². The quantitative estimate of drug-likeness (QED) is 0.187. The normalized spacial score (nSPS) is 20.1. The predicted octanol–water partition coefficient (Wildman–Crippen LogP) is 4.40. The zero-order chi connectivity index (χ0) is 28.0. The van der Waals surface area contributed by atoms with Gasteiger partial charge in [0, 0.05) is 24.0 Å². The number of nitro groups is 1. The molecule has 3 aromatic carbocycles. The molecule has 0 spiro atoms. The number of carbonyl (C=O) groups is 2. The molecule has 1 fully saturated rings. The average molecular weight is 549 g/mol. The van der Waals surface area contributed by atoms with E-state index in [1.54, 1.807) is 12.1 Å². The number of esters is 1. The largest absolute Gasteiger partial charge is 0.519 e. The first-order valence-electron chi connectivity index (χ1n) is 12.4. The highest BCUT2D eigenvalue weighted by Gasteiger charge is 2.48. The molecule has 0 saturated carbocycles. The Balaban J connectivity index is 1.35. The molecule has 12 heteroatoms. The van der Waals surface area contributed by atoms with E-state index >= 15 is 0 Å². The van der Waals surface area contributed by atoms with Gasteiger partial charge in [-0.15, -0.1) is 0 Å². The summed E-state index contributed by atoms with van der Waals surface area (Å²) in [6.07, 6.45) is -0.448. The van der Waals surface area contributed by atoms with Crippen molar-refractivity contribution in [1.29, 1.82) is 0 Å². The summed E-state index contributed by atoms with van der Waals surface area (Å²) in [7, 11) is 2.82. The molecule has 1 saturated heterocycles. The summed E-state index contributed by atoms with van der Waals surface area (Å²) >= 11 is 0. The fourth-order valence-corrected chi connectivity index (χ4v) is 5.52. The molecule has 3 atom stereocenters. The Morgan fingerprint density at radius 3 is 2.27 bits per heavy atom. The van der Waals surface area contributed by atoms with Gasteiger partial charge in [-0.3, -0.25) is 14.9 Å². The highest BCUT2D eigenvalue weighted by molar-refractivity contribution is 5.79. The van der Waals surface area contributed by atoms with E-state index in [0.29, 0.717) is 30.1 Å². The number of rotatable bonds is 6. The number of benzene rings is 3. The van der Waals surface area contributed by atoms with Crippen LogP contribution in [0.3, 0.4) is 0 Å². The number of cyclic esters (lactones) is 1. The van der Waals surface area contributed by atoms with Crippen molar-refractivity contribution in [1.82, 2.24) is 0 Å². The summed E-state index contributed by atoms with van der Waals surface area (Å²) in [6.45, 7) is 0.444. The molecule has 1 aliphatic carbocycles. The Morgan fingerprint density at radius 1 is 0.950 bits per heavy atom. The molecule has 40 heavy (non-hydrogen) atoms. The molecule has 3 aliphatic rings. The van der Waals surface area contributed by atoms with Gasteiger partial charge in [0.2, 0.25) is 12.5 Å². The van der Waals surface area contributed by atoms with Gasteiger partial charge < -0.3 is 33.2 Å². The molecule has 12 nitrogen and oxygen atoms in total. The second-order valence-corrected chi connectivity index (χ2v) is 9.46. The van der Waals surface area contributed by atoms with Crippen LogP contribution in [0.15, 0.2) is 48.5 Å². The smallest absolute Gasteiger partial charge is 0.493 e. The fourth-order valence-electron chi connectivity index (χ4n) is 5.52. The van der Waals surface area contributed by atoms with Crippen LogP contribution < -0.4 is 28.4 Å². The number of hydrogen-bond acceptors (Lipinski definition) is 11. The molecule has 6 rings (SSSR count). The first-order valence-corrected chi connectivity index (χ1v) is 12.4. The van der Waals surface area contributed by atoms with Gasteiger partial charge in [-0.2, -0.15) is 0 Å². The first kappa shape index (κ1) is 25.3. The molecule has 3 aromatic rings. The number of nitro benzene ring substituents is 1. The van der Waals surface area contributed by atoms with Crippen molar-refractivity contribution in [2.45, 2.75) is 12.3 Å². The maximum absolute atomic E-state index is 12.9. The number of methoxy groups -OCH3 is 2. The molecule has 2 aliphatic heterocycles. The number of carbonyl (C=O) groups excluding carboxylic acids is 2. The minimum absolute atomic E-state index is 0.0324. The molecular weight excluding hydrogens is 526 g/mol. The van der Waals surface area contributed by atoms with Gasteiger partial charge in [-0.05, 0) is 59.5 Å². The third kappa shape index (κ3) is 4.36. The van der Waals surface area contributed by atoms with Crippen molar-refractivity contribution in [3.63, 3.8) is 0 Å². The van der Waals surface area contributed by atoms with Gasteiger partial charge >= 0.3 is 12.1 Å². The number of fused-ring (bicyclic) bond motifs is 3. The van der Waals surface area contributed by atoms with E-state index in [4.69, 9.17) is 33.2 Å². The van der Waals surface area contributed by atoms with Crippen LogP contribution in [-0.4, -0.2) is 44.7 Å². The first-order chi connectivity index (χ1) is 19.4. The second kappa shape index (κ2) is 9.95. The van der Waals surface area contributed by atoms with Crippen LogP contribution in [0.25, 0.3) is 0 Å². The average Bonchev–Trinajstić information content (AvgIpc) is 3.56. The molecule has 0 amide bonds. The molecule has 0 bridgehead atoms. The molecule has 0 radical (unpaired) electrons. The topological polar surface area (TPSA) is 142 Å². The van der Waals surface area contributed by atoms with Crippen LogP contribution in [0.4, 0.5) is 10.5 Å². The summed E-state index contributed by atoms with van der Waals surface area (Å²) in [6, 6.07) is 12.2. The standard InChI is InChI=1S/C28H23NO11/c1-34-22-9-15(10-23(35-2)26(22)40-28(31)39-18-5-3-17(4-6-18)29(32)33)24-19-11-21-20(37-13-38-21)8-14(19)7-16-12-36-27(30)25(16)24/h3-6,8-11,16,24-25H,7,12-13H2,1-2H3/t16-,24+,25-/m0/s1. The Labute approximate surface area is 227 Å². The minimum atomic E-state index is -1.10. The lowest BCUT2D eigenvalue weighted by Gasteiger charge is -2.34. The Hall–Kier alpha value is -5.00. The van der Waals surface area contributed by atoms with Gasteiger partial charge in [-0.1, -0.05) is 0 Å². The predicted molar refractivity (Wildman–Crippen MR) is 135 cm³/mol. The van der Waals surface area contributed by atoms with E-state index in [-0.39, 0.29) is 47.4 Å². The molecule has 2 heterocycles. The maximum atomic E-state index is 12.9. The van der Waals surface area contributed by atoms with Crippen LogP contribution >= 0.6 is 0 Å². The number of ether oxygens (including phenoxy) is 7. The molecule has 0 unspecified atom stereocenters. The summed E-state index contributed by atoms with van der Waals surface area (Å²) in [5.41, 5.74) is 2.47. The third-order valence-electron chi connectivity index (χ3n) is 7.31. The van der Waals surface area contributed by atoms with Gasteiger partial charge in [0.25, 0.3) is 5.69 Å². The molecule has 0 N–H and O–H groups in total. The van der Waals surface area contributed by atoms with Crippen molar-refractivity contribution in [3.8, 4) is 34.5 Å². The molecular formula is C28H23NO11. The van der Waals surface area contributed by atoms with Crippen molar-refractivity contribution < 1.29 is 47.7 Å². The van der Waals surface area contributed by atoms with E-state index in [1.165, 1.54) is 38.5 Å². The van der Waals surface area contributed by atoms with Crippen molar-refractivity contribution in [3.05, 3.63) is 75.3 Å². The van der Waals surface area contributed by atoms with E-state index in [9.17, 15) is 19.7 Å². The van der Waals surface area contributed by atoms with Gasteiger partial charge in [0.15, 0.2) is 23.0 Å². The van der Waals surface area contributed by atoms with Crippen LogP contribution in [0.1, 0.15) is 22.6 Å². The van der Waals surface area contributed by atoms with Gasteiger partial charge in [0.1, 0.15) is 5.75 Å². The number of hydrogen-bond donors (Lipinski definition) is 0. The van der Waals surface area contributed by atoms with Crippen LogP contribution in [-0.2, 0) is 16.0 Å². The van der Waals surface area contributed by atoms with Gasteiger partial charge in [-0.25, -0.2) is 4.79 Å². The second-order valence-electron chi connectivity index (χ2n) is 9.46. The summed E-state index contributed by atoms with van der Waals surface area (Å²) in [5, 5.41) is 10.9. The van der Waals surface area contributed by atoms with Gasteiger partial charge in [0.05, 0.1) is 31.7 Å². The zero-order valence-electron chi connectivity index (χ0n) is 21.4. The lowest BCUT2D eigenvalue weighted by Crippen LogP contribution is -2.31. The zero-order valence-corrected chi connectivity index (χ0v) is 21.4. The maximum Gasteiger partial charge on any atom is 0.519 e. The third-order valence-corrected chi connectivity index (χ3v) is 7.31. The summed E-state index contributed by atoms with van der Waals surface area (Å²) < 4.78 is 38.4. The number of nitrogens with zero attached hydrogens (tertiary/aromatic N) is 1. The lowest BCUT2D eigenvalue weighted by atomic mass is 9.67. The lowest BCUT2D eigenvalue weighted by molar-refractivity contribution is -0.384. The van der Waals surface area contributed by atoms with Crippen molar-refractivity contribution >= 4 is 17.8 Å². The Morgan fingerprint density at radius 2 is 1.62 bits per heavy atom. The number of non-ortho nitro benzene ring substituents is 1. The summed E-state index contributed by atoms with van der Waals surface area (Å²) in [4.78, 5) is 35.8. The fraction of sp³-hybridized carbons (Fsp3) is 0.286.